The number of rotatable bonds is 9. The average molecular weight is 413 g/mol. The first kappa shape index (κ1) is 20.3. The number of fused-ring (bicyclic) bond motifs is 1. The van der Waals surface area contributed by atoms with Gasteiger partial charge >= 0.3 is 0 Å². The molecule has 1 aromatic carbocycles. The Morgan fingerprint density at radius 1 is 1.03 bits per heavy atom. The molecule has 160 valence electrons. The van der Waals surface area contributed by atoms with Gasteiger partial charge in [0.25, 0.3) is 0 Å². The quantitative estimate of drug-likeness (QED) is 0.522. The van der Waals surface area contributed by atoms with Gasteiger partial charge in [0, 0.05) is 58.5 Å². The van der Waals surface area contributed by atoms with Crippen molar-refractivity contribution in [2.75, 3.05) is 63.8 Å². The number of hydrogen-bond acceptors (Lipinski definition) is 10. The Morgan fingerprint density at radius 3 is 2.57 bits per heavy atom. The summed E-state index contributed by atoms with van der Waals surface area (Å²) < 4.78 is 15.4. The zero-order valence-electron chi connectivity index (χ0n) is 17.4. The third-order valence-corrected chi connectivity index (χ3v) is 5.17. The van der Waals surface area contributed by atoms with E-state index in [1.165, 1.54) is 5.56 Å². The lowest BCUT2D eigenvalue weighted by molar-refractivity contribution is 0.197. The van der Waals surface area contributed by atoms with Crippen LogP contribution >= 0.6 is 0 Å². The molecule has 1 aliphatic rings. The van der Waals surface area contributed by atoms with Gasteiger partial charge in [0.05, 0.1) is 7.11 Å². The minimum Gasteiger partial charge on any atom is -0.496 e. The van der Waals surface area contributed by atoms with Crippen LogP contribution < -0.4 is 15.0 Å². The highest BCUT2D eigenvalue weighted by atomic mass is 16.6. The molecule has 0 aliphatic carbocycles. The Hall–Kier alpha value is -2.98. The topological polar surface area (TPSA) is 102 Å². The number of para-hydroxylation sites is 1. The normalized spacial score (nSPS) is 14.9. The molecule has 0 spiro atoms. The van der Waals surface area contributed by atoms with E-state index in [0.717, 1.165) is 57.3 Å². The number of methoxy groups -OCH3 is 2. The van der Waals surface area contributed by atoms with Crippen LogP contribution in [-0.2, 0) is 11.3 Å². The van der Waals surface area contributed by atoms with E-state index in [2.05, 4.69) is 41.5 Å². The van der Waals surface area contributed by atoms with Crippen LogP contribution in [-0.4, -0.2) is 78.7 Å². The Kier molecular flexibility index (Phi) is 6.55. The van der Waals surface area contributed by atoms with Gasteiger partial charge in [-0.25, -0.2) is 14.6 Å². The van der Waals surface area contributed by atoms with Crippen LogP contribution in [0.3, 0.4) is 0 Å². The standard InChI is InChI=1S/C20H27N7O3/c1-28-13-5-8-21-19-20(23-18-17(22-19)24-30-25-18)27-11-9-26(10-12-27)14-15-6-3-4-7-16(15)29-2/h3-4,6-7H,5,8-14H2,1-2H3,(H,21,22,24). The third-order valence-electron chi connectivity index (χ3n) is 5.17. The maximum Gasteiger partial charge on any atom is 0.245 e. The first-order valence-electron chi connectivity index (χ1n) is 10.1. The Balaban J connectivity index is 1.44. The van der Waals surface area contributed by atoms with Gasteiger partial charge in [0.1, 0.15) is 5.75 Å². The predicted octanol–water partition coefficient (Wildman–Crippen LogP) is 1.79. The molecule has 3 heterocycles. The molecule has 10 heteroatoms. The molecule has 1 aliphatic heterocycles. The fraction of sp³-hybridized carbons (Fsp3) is 0.500. The summed E-state index contributed by atoms with van der Waals surface area (Å²) in [7, 11) is 3.41. The summed E-state index contributed by atoms with van der Waals surface area (Å²) in [5.74, 6) is 2.41. The second kappa shape index (κ2) is 9.68. The van der Waals surface area contributed by atoms with E-state index in [1.807, 2.05) is 18.2 Å². The maximum absolute atomic E-state index is 5.49. The number of aromatic nitrogens is 4. The lowest BCUT2D eigenvalue weighted by Gasteiger charge is -2.36. The summed E-state index contributed by atoms with van der Waals surface area (Å²) in [5.41, 5.74) is 2.02. The monoisotopic (exact) mass is 413 g/mol. The molecular formula is C20H27N7O3. The van der Waals surface area contributed by atoms with Gasteiger partial charge in [0.15, 0.2) is 11.6 Å². The van der Waals surface area contributed by atoms with Crippen LogP contribution in [0.1, 0.15) is 12.0 Å². The second-order valence-electron chi connectivity index (χ2n) is 7.16. The number of anilines is 2. The van der Waals surface area contributed by atoms with E-state index in [-0.39, 0.29) is 0 Å². The molecule has 0 unspecified atom stereocenters. The summed E-state index contributed by atoms with van der Waals surface area (Å²) in [5, 5.41) is 11.0. The zero-order chi connectivity index (χ0) is 20.8. The molecule has 1 saturated heterocycles. The van der Waals surface area contributed by atoms with E-state index in [9.17, 15) is 0 Å². The lowest BCUT2D eigenvalue weighted by Crippen LogP contribution is -2.46. The molecule has 0 amide bonds. The van der Waals surface area contributed by atoms with Crippen molar-refractivity contribution in [2.45, 2.75) is 13.0 Å². The second-order valence-corrected chi connectivity index (χ2v) is 7.16. The van der Waals surface area contributed by atoms with Crippen molar-refractivity contribution in [3.8, 4) is 5.75 Å². The molecule has 1 fully saturated rings. The van der Waals surface area contributed by atoms with Crippen LogP contribution in [0, 0.1) is 0 Å². The van der Waals surface area contributed by atoms with E-state index >= 15 is 0 Å². The van der Waals surface area contributed by atoms with Gasteiger partial charge in [-0.1, -0.05) is 18.2 Å². The van der Waals surface area contributed by atoms with Crippen LogP contribution in [0.2, 0.25) is 0 Å². The van der Waals surface area contributed by atoms with E-state index in [4.69, 9.17) is 14.1 Å². The molecule has 0 atom stereocenters. The summed E-state index contributed by atoms with van der Waals surface area (Å²) in [6.45, 7) is 5.79. The van der Waals surface area contributed by atoms with Crippen LogP contribution in [0.25, 0.3) is 11.3 Å². The SMILES string of the molecule is COCCCNc1nc2nonc2nc1N1CCN(Cc2ccccc2OC)CC1. The number of benzene rings is 1. The summed E-state index contributed by atoms with van der Waals surface area (Å²) in [6, 6.07) is 8.16. The first-order chi connectivity index (χ1) is 14.8. The molecule has 1 N–H and O–H groups in total. The van der Waals surface area contributed by atoms with Gasteiger partial charge in [0.2, 0.25) is 11.3 Å². The molecule has 4 rings (SSSR count). The average Bonchev–Trinajstić information content (AvgIpc) is 3.24. The highest BCUT2D eigenvalue weighted by molar-refractivity contribution is 5.74. The smallest absolute Gasteiger partial charge is 0.245 e. The number of hydrogen-bond donors (Lipinski definition) is 1. The largest absolute Gasteiger partial charge is 0.496 e. The summed E-state index contributed by atoms with van der Waals surface area (Å²) >= 11 is 0. The van der Waals surface area contributed by atoms with Crippen LogP contribution in [0.5, 0.6) is 5.75 Å². The van der Waals surface area contributed by atoms with Crippen molar-refractivity contribution in [3.05, 3.63) is 29.8 Å². The third kappa shape index (κ3) is 4.60. The molecule has 2 aromatic heterocycles. The van der Waals surface area contributed by atoms with Gasteiger partial charge in [-0.15, -0.1) is 0 Å². The molecule has 3 aromatic rings. The Bertz CT molecular complexity index is 956. The molecule has 0 radical (unpaired) electrons. The molecule has 0 saturated carbocycles. The van der Waals surface area contributed by atoms with Crippen molar-refractivity contribution in [3.63, 3.8) is 0 Å². The van der Waals surface area contributed by atoms with Gasteiger partial charge in [-0.3, -0.25) is 4.90 Å². The molecule has 30 heavy (non-hydrogen) atoms. The molecule has 10 nitrogen and oxygen atoms in total. The van der Waals surface area contributed by atoms with Crippen molar-refractivity contribution >= 4 is 22.9 Å². The lowest BCUT2D eigenvalue weighted by atomic mass is 10.1. The zero-order valence-corrected chi connectivity index (χ0v) is 17.4. The highest BCUT2D eigenvalue weighted by Gasteiger charge is 2.23. The number of nitrogens with zero attached hydrogens (tertiary/aromatic N) is 6. The number of piperazine rings is 1. The van der Waals surface area contributed by atoms with E-state index in [1.54, 1.807) is 14.2 Å². The van der Waals surface area contributed by atoms with Crippen molar-refractivity contribution in [2.24, 2.45) is 0 Å². The summed E-state index contributed by atoms with van der Waals surface area (Å²) in [4.78, 5) is 13.9. The Labute approximate surface area is 175 Å². The van der Waals surface area contributed by atoms with Gasteiger partial charge in [-0.2, -0.15) is 0 Å². The predicted molar refractivity (Wildman–Crippen MR) is 113 cm³/mol. The molecule has 0 bridgehead atoms. The summed E-state index contributed by atoms with van der Waals surface area (Å²) in [6.07, 6.45) is 0.874. The first-order valence-corrected chi connectivity index (χ1v) is 10.1. The fourth-order valence-electron chi connectivity index (χ4n) is 3.58. The minimum atomic E-state index is 0.405. The Morgan fingerprint density at radius 2 is 1.80 bits per heavy atom. The van der Waals surface area contributed by atoms with Crippen molar-refractivity contribution < 1.29 is 14.1 Å². The van der Waals surface area contributed by atoms with Crippen molar-refractivity contribution in [1.29, 1.82) is 0 Å². The van der Waals surface area contributed by atoms with Crippen LogP contribution in [0.15, 0.2) is 28.9 Å². The highest BCUT2D eigenvalue weighted by Crippen LogP contribution is 2.26. The number of ether oxygens (including phenoxy) is 2. The minimum absolute atomic E-state index is 0.405. The van der Waals surface area contributed by atoms with E-state index in [0.29, 0.717) is 23.7 Å². The van der Waals surface area contributed by atoms with E-state index < -0.39 is 0 Å². The van der Waals surface area contributed by atoms with Crippen LogP contribution in [0.4, 0.5) is 11.6 Å². The maximum atomic E-state index is 5.49. The fourth-order valence-corrected chi connectivity index (χ4v) is 3.58. The molecular weight excluding hydrogens is 386 g/mol. The van der Waals surface area contributed by atoms with Crippen molar-refractivity contribution in [1.82, 2.24) is 25.2 Å². The van der Waals surface area contributed by atoms with Gasteiger partial charge < -0.3 is 19.7 Å². The van der Waals surface area contributed by atoms with Gasteiger partial charge in [-0.05, 0) is 22.8 Å². The number of nitrogens with one attached hydrogen (secondary N) is 1.